The van der Waals surface area contributed by atoms with Gasteiger partial charge in [-0.3, -0.25) is 0 Å². The maximum absolute atomic E-state index is 10.9. The highest BCUT2D eigenvalue weighted by atomic mass is 16.6. The first kappa shape index (κ1) is 28.6. The van der Waals surface area contributed by atoms with E-state index in [4.69, 9.17) is 9.47 Å². The molecule has 0 aliphatic rings. The largest absolute Gasteiger partial charge is 0.453 e. The summed E-state index contributed by atoms with van der Waals surface area (Å²) in [6, 6.07) is 0. The van der Waals surface area contributed by atoms with E-state index in [0.717, 1.165) is 0 Å². The Labute approximate surface area is 157 Å². The number of rotatable bonds is 7. The van der Waals surface area contributed by atoms with Crippen LogP contribution in [0, 0.1) is 5.92 Å². The molecule has 0 aliphatic carbocycles. The van der Waals surface area contributed by atoms with Crippen LogP contribution in [-0.4, -0.2) is 58.7 Å². The summed E-state index contributed by atoms with van der Waals surface area (Å²) in [4.78, 5) is 31.7. The number of hydrogen-bond acceptors (Lipinski definition) is 6. The van der Waals surface area contributed by atoms with Gasteiger partial charge in [-0.05, 0) is 13.8 Å². The summed E-state index contributed by atoms with van der Waals surface area (Å²) in [5.41, 5.74) is 0. The molecule has 0 heterocycles. The molecule has 0 bridgehead atoms. The lowest BCUT2D eigenvalue weighted by Gasteiger charge is -2.12. The number of ether oxygens (including phenoxy) is 3. The van der Waals surface area contributed by atoms with Crippen molar-refractivity contribution in [3.05, 3.63) is 0 Å². The molecule has 26 heavy (non-hydrogen) atoms. The van der Waals surface area contributed by atoms with Crippen molar-refractivity contribution in [3.8, 4) is 0 Å². The molecule has 0 fully saturated rings. The third-order valence-corrected chi connectivity index (χ3v) is 2.53. The number of alkyl carbamates (subject to hydrolysis) is 3. The zero-order valence-corrected chi connectivity index (χ0v) is 17.3. The van der Waals surface area contributed by atoms with Crippen molar-refractivity contribution in [2.45, 2.75) is 47.5 Å². The Morgan fingerprint density at radius 3 is 1.38 bits per heavy atom. The second kappa shape index (κ2) is 22.8. The summed E-state index contributed by atoms with van der Waals surface area (Å²) in [6.07, 6.45) is 1.33. The summed E-state index contributed by atoms with van der Waals surface area (Å²) in [5, 5.41) is 7.26. The lowest BCUT2D eigenvalue weighted by molar-refractivity contribution is 0.0918. The van der Waals surface area contributed by atoms with Crippen LogP contribution in [0.3, 0.4) is 0 Å². The molecule has 0 aromatic rings. The molecule has 0 atom stereocenters. The van der Waals surface area contributed by atoms with Crippen LogP contribution in [0.4, 0.5) is 14.4 Å². The van der Waals surface area contributed by atoms with E-state index in [1.165, 1.54) is 27.0 Å². The Balaban J connectivity index is -0.000000434. The van der Waals surface area contributed by atoms with E-state index in [9.17, 15) is 14.4 Å². The van der Waals surface area contributed by atoms with Crippen LogP contribution in [0.2, 0.25) is 0 Å². The fourth-order valence-corrected chi connectivity index (χ4v) is 0.977. The third kappa shape index (κ3) is 26.7. The fourth-order valence-electron chi connectivity index (χ4n) is 0.977. The Morgan fingerprint density at radius 2 is 1.19 bits per heavy atom. The molecule has 0 spiro atoms. The van der Waals surface area contributed by atoms with Gasteiger partial charge in [-0.25, -0.2) is 14.4 Å². The molecule has 0 aromatic carbocycles. The van der Waals surface area contributed by atoms with Crippen molar-refractivity contribution >= 4 is 18.3 Å². The van der Waals surface area contributed by atoms with Crippen LogP contribution in [0.1, 0.15) is 47.5 Å². The van der Waals surface area contributed by atoms with Gasteiger partial charge in [-0.1, -0.05) is 33.6 Å². The fraction of sp³-hybridized carbons (Fsp3) is 0.824. The molecule has 0 saturated carbocycles. The highest BCUT2D eigenvalue weighted by molar-refractivity contribution is 5.67. The standard InChI is InChI=1S/C10H20N2O4.C4H10.C3H7NO2/c1-4-11-9(13)15-6-8(3)7-16-10(14)12-5-2;1-3-4-2;1-4-3(5)6-2/h8H,4-7H2,1-3H3,(H,11,13)(H,12,14);3-4H2,1-2H3;1-2H3,(H,4,5). The summed E-state index contributed by atoms with van der Waals surface area (Å²) in [6.45, 7) is 11.3. The third-order valence-electron chi connectivity index (χ3n) is 2.53. The number of methoxy groups -OCH3 is 1. The van der Waals surface area contributed by atoms with E-state index in [2.05, 4.69) is 34.5 Å². The van der Waals surface area contributed by atoms with Gasteiger partial charge in [-0.2, -0.15) is 0 Å². The highest BCUT2D eigenvalue weighted by Crippen LogP contribution is 1.97. The van der Waals surface area contributed by atoms with Gasteiger partial charge in [0.05, 0.1) is 20.3 Å². The van der Waals surface area contributed by atoms with Crippen molar-refractivity contribution in [2.75, 3.05) is 40.5 Å². The molecule has 3 N–H and O–H groups in total. The molecule has 0 saturated heterocycles. The number of hydrogen-bond donors (Lipinski definition) is 3. The molecule has 0 aromatic heterocycles. The first-order valence-electron chi connectivity index (χ1n) is 8.89. The van der Waals surface area contributed by atoms with Crippen LogP contribution in [0.25, 0.3) is 0 Å². The normalized spacial score (nSPS) is 8.77. The monoisotopic (exact) mass is 379 g/mol. The number of carbonyl (C=O) groups is 3. The number of unbranched alkanes of at least 4 members (excludes halogenated alkanes) is 1. The van der Waals surface area contributed by atoms with Crippen molar-refractivity contribution in [3.63, 3.8) is 0 Å². The molecule has 0 aliphatic heterocycles. The van der Waals surface area contributed by atoms with Gasteiger partial charge in [0.25, 0.3) is 0 Å². The summed E-state index contributed by atoms with van der Waals surface area (Å²) >= 11 is 0. The Hall–Kier alpha value is -2.19. The van der Waals surface area contributed by atoms with Crippen LogP contribution in [0.15, 0.2) is 0 Å². The summed E-state index contributed by atoms with van der Waals surface area (Å²) in [5.74, 6) is -0.0230. The second-order valence-electron chi connectivity index (χ2n) is 5.10. The minimum Gasteiger partial charge on any atom is -0.453 e. The Morgan fingerprint density at radius 1 is 0.808 bits per heavy atom. The van der Waals surface area contributed by atoms with E-state index < -0.39 is 18.3 Å². The van der Waals surface area contributed by atoms with E-state index in [1.807, 2.05) is 20.8 Å². The molecular weight excluding hydrogens is 342 g/mol. The number of nitrogens with one attached hydrogen (secondary N) is 3. The maximum atomic E-state index is 10.9. The predicted octanol–water partition coefficient (Wildman–Crippen LogP) is 2.89. The number of carbonyl (C=O) groups excluding carboxylic acids is 3. The lowest BCUT2D eigenvalue weighted by atomic mass is 10.2. The van der Waals surface area contributed by atoms with E-state index in [0.29, 0.717) is 13.1 Å². The highest BCUT2D eigenvalue weighted by Gasteiger charge is 2.09. The van der Waals surface area contributed by atoms with Crippen LogP contribution >= 0.6 is 0 Å². The van der Waals surface area contributed by atoms with Gasteiger partial charge in [0.15, 0.2) is 0 Å². The molecule has 9 heteroatoms. The van der Waals surface area contributed by atoms with E-state index in [1.54, 1.807) is 0 Å². The van der Waals surface area contributed by atoms with Gasteiger partial charge in [0, 0.05) is 26.1 Å². The average molecular weight is 379 g/mol. The molecule has 0 unspecified atom stereocenters. The SMILES string of the molecule is CCCC.CCNC(=O)OCC(C)COC(=O)NCC.CNC(=O)OC. The average Bonchev–Trinajstić information content (AvgIpc) is 2.65. The number of amides is 3. The topological polar surface area (TPSA) is 115 Å². The molecule has 3 amide bonds. The first-order valence-corrected chi connectivity index (χ1v) is 8.89. The van der Waals surface area contributed by atoms with Crippen molar-refractivity contribution in [1.82, 2.24) is 16.0 Å². The maximum Gasteiger partial charge on any atom is 0.407 e. The summed E-state index contributed by atoms with van der Waals surface area (Å²) in [7, 11) is 2.82. The minimum atomic E-state index is -0.452. The van der Waals surface area contributed by atoms with E-state index in [-0.39, 0.29) is 19.1 Å². The predicted molar refractivity (Wildman–Crippen MR) is 101 cm³/mol. The smallest absolute Gasteiger partial charge is 0.407 e. The lowest BCUT2D eigenvalue weighted by Crippen LogP contribution is -2.29. The summed E-state index contributed by atoms with van der Waals surface area (Å²) < 4.78 is 13.9. The van der Waals surface area contributed by atoms with Gasteiger partial charge in [0.2, 0.25) is 0 Å². The van der Waals surface area contributed by atoms with Gasteiger partial charge < -0.3 is 30.2 Å². The van der Waals surface area contributed by atoms with Crippen LogP contribution in [-0.2, 0) is 14.2 Å². The molecule has 0 radical (unpaired) electrons. The molecule has 0 rings (SSSR count). The van der Waals surface area contributed by atoms with E-state index >= 15 is 0 Å². The quantitative estimate of drug-likeness (QED) is 0.586. The Kier molecular flexibility index (Phi) is 25.1. The second-order valence-corrected chi connectivity index (χ2v) is 5.10. The van der Waals surface area contributed by atoms with Gasteiger partial charge in [0.1, 0.15) is 0 Å². The van der Waals surface area contributed by atoms with Crippen LogP contribution in [0.5, 0.6) is 0 Å². The Bertz CT molecular complexity index is 323. The first-order chi connectivity index (χ1) is 12.3. The molecule has 9 nitrogen and oxygen atoms in total. The van der Waals surface area contributed by atoms with Crippen molar-refractivity contribution in [2.24, 2.45) is 5.92 Å². The minimum absolute atomic E-state index is 0.0230. The van der Waals surface area contributed by atoms with Crippen molar-refractivity contribution < 1.29 is 28.6 Å². The van der Waals surface area contributed by atoms with Gasteiger partial charge in [-0.15, -0.1) is 0 Å². The zero-order chi connectivity index (χ0) is 20.8. The molecular formula is C17H37N3O6. The zero-order valence-electron chi connectivity index (χ0n) is 17.3. The van der Waals surface area contributed by atoms with Crippen molar-refractivity contribution in [1.29, 1.82) is 0 Å². The molecule has 156 valence electrons. The van der Waals surface area contributed by atoms with Gasteiger partial charge >= 0.3 is 18.3 Å². The van der Waals surface area contributed by atoms with Crippen LogP contribution < -0.4 is 16.0 Å².